The third kappa shape index (κ3) is 0.847. The number of amides is 1. The van der Waals surface area contributed by atoms with Crippen LogP contribution >= 0.6 is 15.9 Å². The molecule has 1 amide bonds. The summed E-state index contributed by atoms with van der Waals surface area (Å²) in [6, 6.07) is 0. The van der Waals surface area contributed by atoms with Gasteiger partial charge in [-0.15, -0.1) is 0 Å². The molecule has 2 heterocycles. The lowest BCUT2D eigenvalue weighted by molar-refractivity contribution is -0.123. The second-order valence-electron chi connectivity index (χ2n) is 2.83. The molecule has 0 aromatic rings. The van der Waals surface area contributed by atoms with Crippen LogP contribution in [0.25, 0.3) is 0 Å². The minimum absolute atomic E-state index is 0.0521. The van der Waals surface area contributed by atoms with Crippen LogP contribution in [0.4, 0.5) is 0 Å². The van der Waals surface area contributed by atoms with Crippen molar-refractivity contribution < 1.29 is 9.53 Å². The van der Waals surface area contributed by atoms with Gasteiger partial charge in [0.05, 0.1) is 6.54 Å². The van der Waals surface area contributed by atoms with E-state index in [1.54, 1.807) is 0 Å². The average Bonchev–Trinajstić information content (AvgIpc) is 2.51. The number of nitrogens with one attached hydrogen (secondary N) is 1. The predicted octanol–water partition coefficient (Wildman–Crippen LogP) is 0.262. The normalized spacial score (nSPS) is 44.7. The Morgan fingerprint density at radius 3 is 3.25 bits per heavy atom. The number of alkyl halides is 1. The van der Waals surface area contributed by atoms with E-state index in [1.807, 2.05) is 0 Å². The number of hydrogen-bond acceptors (Lipinski definition) is 4. The highest BCUT2D eigenvalue weighted by atomic mass is 79.9. The maximum atomic E-state index is 11.3. The Bertz CT molecular complexity index is 257. The number of nitrogens with zero attached hydrogens (tertiary/aromatic N) is 2. The third-order valence-corrected chi connectivity index (χ3v) is 3.30. The van der Waals surface area contributed by atoms with E-state index >= 15 is 0 Å². The van der Waals surface area contributed by atoms with Crippen LogP contribution in [0.5, 0.6) is 0 Å². The van der Waals surface area contributed by atoms with Gasteiger partial charge in [0.1, 0.15) is 5.92 Å². The summed E-state index contributed by atoms with van der Waals surface area (Å²) in [5, 5.41) is 10.5. The molecule has 2 rings (SSSR count). The quantitative estimate of drug-likeness (QED) is 0.522. The molecule has 1 unspecified atom stereocenters. The molecular weight excluding hydrogens is 226 g/mol. The maximum Gasteiger partial charge on any atom is 0.230 e. The number of ether oxygens (including phenoxy) is 1. The summed E-state index contributed by atoms with van der Waals surface area (Å²) in [5.74, 6) is -0.272. The van der Waals surface area contributed by atoms with Crippen molar-refractivity contribution in [3.8, 4) is 0 Å². The number of fused-ring (bicyclic) bond motifs is 1. The topological polar surface area (TPSA) is 63.0 Å². The molecule has 0 bridgehead atoms. The molecule has 2 aliphatic rings. The van der Waals surface area contributed by atoms with Crippen molar-refractivity contribution >= 4 is 21.8 Å². The van der Waals surface area contributed by atoms with Crippen LogP contribution in [0.2, 0.25) is 0 Å². The molecule has 12 heavy (non-hydrogen) atoms. The van der Waals surface area contributed by atoms with Gasteiger partial charge in [-0.1, -0.05) is 15.9 Å². The number of hydrogen-bond donors (Lipinski definition) is 1. The molecule has 66 valence electrons. The SMILES string of the molecule is COC1NC(=O)[C@H]2CN=N[C@@]12Br. The molecular formula is C6H8BrN3O2. The summed E-state index contributed by atoms with van der Waals surface area (Å²) in [6.07, 6.45) is -0.402. The van der Waals surface area contributed by atoms with Crippen molar-refractivity contribution in [2.75, 3.05) is 13.7 Å². The standard InChI is InChI=1S/C6H8BrN3O2/c1-12-5-6(7)3(2-8-10-6)4(11)9-5/h3,5H,2H2,1H3,(H,9,11)/t3-,5?,6-/m1/s1. The Morgan fingerprint density at radius 2 is 2.58 bits per heavy atom. The smallest absolute Gasteiger partial charge is 0.230 e. The van der Waals surface area contributed by atoms with Crippen molar-refractivity contribution in [2.24, 2.45) is 16.1 Å². The highest BCUT2D eigenvalue weighted by Gasteiger charge is 2.57. The van der Waals surface area contributed by atoms with E-state index in [9.17, 15) is 4.79 Å². The number of rotatable bonds is 1. The van der Waals surface area contributed by atoms with Gasteiger partial charge in [-0.25, -0.2) is 0 Å². The second kappa shape index (κ2) is 2.50. The lowest BCUT2D eigenvalue weighted by Crippen LogP contribution is -2.39. The molecule has 0 aromatic heterocycles. The molecule has 1 N–H and O–H groups in total. The minimum Gasteiger partial charge on any atom is -0.358 e. The Morgan fingerprint density at radius 1 is 1.83 bits per heavy atom. The molecule has 5 nitrogen and oxygen atoms in total. The first-order chi connectivity index (χ1) is 5.68. The molecule has 0 radical (unpaired) electrons. The molecule has 0 aromatic carbocycles. The molecule has 0 spiro atoms. The zero-order chi connectivity index (χ0) is 8.77. The second-order valence-corrected chi connectivity index (χ2v) is 4.10. The van der Waals surface area contributed by atoms with Gasteiger partial charge in [0.2, 0.25) is 5.91 Å². The lowest BCUT2D eigenvalue weighted by Gasteiger charge is -2.20. The summed E-state index contributed by atoms with van der Waals surface area (Å²) < 4.78 is 4.40. The van der Waals surface area contributed by atoms with E-state index < -0.39 is 10.7 Å². The number of halogens is 1. The molecule has 0 saturated carbocycles. The summed E-state index contributed by atoms with van der Waals surface area (Å²) in [6.45, 7) is 0.441. The van der Waals surface area contributed by atoms with Crippen LogP contribution in [0.15, 0.2) is 10.2 Å². The number of azo groups is 1. The molecule has 0 aliphatic carbocycles. The van der Waals surface area contributed by atoms with Crippen LogP contribution < -0.4 is 5.32 Å². The molecule has 2 aliphatic heterocycles. The van der Waals surface area contributed by atoms with Gasteiger partial charge in [0, 0.05) is 7.11 Å². The summed E-state index contributed by atoms with van der Waals surface area (Å²) >= 11 is 3.37. The van der Waals surface area contributed by atoms with Gasteiger partial charge in [0.25, 0.3) is 0 Å². The van der Waals surface area contributed by atoms with Crippen LogP contribution in [0.3, 0.4) is 0 Å². The van der Waals surface area contributed by atoms with Crippen molar-refractivity contribution in [1.82, 2.24) is 5.32 Å². The van der Waals surface area contributed by atoms with Crippen LogP contribution in [-0.4, -0.2) is 30.2 Å². The van der Waals surface area contributed by atoms with Crippen molar-refractivity contribution in [1.29, 1.82) is 0 Å². The number of carbonyl (C=O) groups is 1. The van der Waals surface area contributed by atoms with E-state index in [4.69, 9.17) is 4.74 Å². The van der Waals surface area contributed by atoms with Gasteiger partial charge >= 0.3 is 0 Å². The Hall–Kier alpha value is -0.490. The van der Waals surface area contributed by atoms with E-state index in [0.717, 1.165) is 0 Å². The van der Waals surface area contributed by atoms with Crippen molar-refractivity contribution in [2.45, 2.75) is 10.7 Å². The van der Waals surface area contributed by atoms with E-state index in [0.29, 0.717) is 6.54 Å². The van der Waals surface area contributed by atoms with Gasteiger partial charge in [0.15, 0.2) is 10.7 Å². The van der Waals surface area contributed by atoms with Crippen molar-refractivity contribution in [3.05, 3.63) is 0 Å². The molecule has 6 heteroatoms. The third-order valence-electron chi connectivity index (χ3n) is 2.17. The predicted molar refractivity (Wildman–Crippen MR) is 43.8 cm³/mol. The van der Waals surface area contributed by atoms with Crippen LogP contribution in [0.1, 0.15) is 0 Å². The fourth-order valence-electron chi connectivity index (χ4n) is 1.49. The maximum absolute atomic E-state index is 11.3. The first-order valence-corrected chi connectivity index (χ1v) is 4.38. The minimum atomic E-state index is -0.668. The first kappa shape index (κ1) is 8.12. The Kier molecular flexibility index (Phi) is 1.69. The van der Waals surface area contributed by atoms with Crippen molar-refractivity contribution in [3.63, 3.8) is 0 Å². The van der Waals surface area contributed by atoms with E-state index in [2.05, 4.69) is 31.5 Å². The largest absolute Gasteiger partial charge is 0.358 e. The summed E-state index contributed by atoms with van der Waals surface area (Å²) in [5.41, 5.74) is 0. The van der Waals surface area contributed by atoms with E-state index in [1.165, 1.54) is 7.11 Å². The number of carbonyl (C=O) groups excluding carboxylic acids is 1. The summed E-state index contributed by atoms with van der Waals surface area (Å²) in [4.78, 5) is 11.3. The van der Waals surface area contributed by atoms with Gasteiger partial charge in [-0.05, 0) is 0 Å². The Balaban J connectivity index is 2.33. The first-order valence-electron chi connectivity index (χ1n) is 3.59. The molecule has 1 saturated heterocycles. The Labute approximate surface area is 77.7 Å². The van der Waals surface area contributed by atoms with Crippen LogP contribution in [0, 0.1) is 5.92 Å². The zero-order valence-corrected chi connectivity index (χ0v) is 8.04. The molecule has 1 fully saturated rings. The van der Waals surface area contributed by atoms with Crippen LogP contribution in [-0.2, 0) is 9.53 Å². The summed E-state index contributed by atoms with van der Waals surface area (Å²) in [7, 11) is 1.53. The fourth-order valence-corrected chi connectivity index (χ4v) is 2.25. The van der Waals surface area contributed by atoms with E-state index in [-0.39, 0.29) is 11.8 Å². The zero-order valence-electron chi connectivity index (χ0n) is 6.45. The van der Waals surface area contributed by atoms with Gasteiger partial charge in [-0.3, -0.25) is 4.79 Å². The lowest BCUT2D eigenvalue weighted by atomic mass is 10.0. The highest BCUT2D eigenvalue weighted by molar-refractivity contribution is 9.10. The monoisotopic (exact) mass is 233 g/mol. The average molecular weight is 234 g/mol. The molecule has 3 atom stereocenters. The van der Waals surface area contributed by atoms with Gasteiger partial charge < -0.3 is 10.1 Å². The van der Waals surface area contributed by atoms with Gasteiger partial charge in [-0.2, -0.15) is 10.2 Å². The highest BCUT2D eigenvalue weighted by Crippen LogP contribution is 2.42. The number of methoxy groups -OCH3 is 1. The fraction of sp³-hybridized carbons (Fsp3) is 0.833.